The van der Waals surface area contributed by atoms with E-state index in [2.05, 4.69) is 33.0 Å². The van der Waals surface area contributed by atoms with Gasteiger partial charge in [-0.1, -0.05) is 27.2 Å². The van der Waals surface area contributed by atoms with E-state index in [0.717, 1.165) is 25.7 Å². The van der Waals surface area contributed by atoms with Gasteiger partial charge in [0.15, 0.2) is 5.76 Å². The van der Waals surface area contributed by atoms with Gasteiger partial charge in [-0.15, -0.1) is 0 Å². The molecule has 29 heavy (non-hydrogen) atoms. The molecule has 0 amide bonds. The number of fused-ring (bicyclic) bond motifs is 3. The molecular weight excluding hydrogens is 370 g/mol. The third-order valence-electron chi connectivity index (χ3n) is 8.20. The lowest BCUT2D eigenvalue weighted by atomic mass is 9.44. The van der Waals surface area contributed by atoms with Crippen molar-refractivity contribution in [1.82, 2.24) is 5.32 Å². The zero-order valence-corrected chi connectivity index (χ0v) is 17.8. The first-order chi connectivity index (χ1) is 13.5. The number of carbonyl (C=O) groups excluding carboxylic acids is 2. The zero-order chi connectivity index (χ0) is 21.2. The van der Waals surface area contributed by atoms with Gasteiger partial charge in [-0.05, 0) is 55.8 Å². The number of hydrogen-bond acceptors (Lipinski definition) is 5. The molecule has 4 aliphatic rings. The van der Waals surface area contributed by atoms with Crippen LogP contribution in [0.15, 0.2) is 23.1 Å². The molecule has 4 atom stereocenters. The summed E-state index contributed by atoms with van der Waals surface area (Å²) in [5.74, 6) is -0.839. The molecule has 4 unspecified atom stereocenters. The average Bonchev–Trinajstić information content (AvgIpc) is 2.61. The van der Waals surface area contributed by atoms with Gasteiger partial charge >= 0.3 is 5.97 Å². The van der Waals surface area contributed by atoms with E-state index in [1.54, 1.807) is 0 Å². The third kappa shape index (κ3) is 3.03. The highest BCUT2D eigenvalue weighted by atomic mass is 16.5. The van der Waals surface area contributed by atoms with Gasteiger partial charge in [-0.3, -0.25) is 14.4 Å². The normalized spacial score (nSPS) is 38.3. The number of carboxylic acid groups (broad SMARTS) is 1. The molecule has 0 aromatic carbocycles. The summed E-state index contributed by atoms with van der Waals surface area (Å²) in [5, 5.41) is 11.5. The van der Waals surface area contributed by atoms with E-state index in [-0.39, 0.29) is 39.8 Å². The number of carbonyl (C=O) groups is 3. The molecule has 4 rings (SSSR count). The predicted octanol–water partition coefficient (Wildman–Crippen LogP) is 3.37. The minimum absolute atomic E-state index is 0.0480. The van der Waals surface area contributed by atoms with Crippen molar-refractivity contribution in [3.8, 4) is 0 Å². The van der Waals surface area contributed by atoms with E-state index in [1.807, 2.05) is 0 Å². The highest BCUT2D eigenvalue weighted by Crippen LogP contribution is 2.65. The van der Waals surface area contributed by atoms with Crippen molar-refractivity contribution in [1.29, 1.82) is 0 Å². The molecular formula is C23H31NO5. The van der Waals surface area contributed by atoms with Crippen LogP contribution in [-0.2, 0) is 19.1 Å². The quantitative estimate of drug-likeness (QED) is 0.705. The second kappa shape index (κ2) is 6.44. The van der Waals surface area contributed by atoms with E-state index in [1.165, 1.54) is 12.5 Å². The fourth-order valence-electron chi connectivity index (χ4n) is 6.89. The number of rotatable bonds is 3. The second-order valence-corrected chi connectivity index (χ2v) is 10.4. The first kappa shape index (κ1) is 20.2. The summed E-state index contributed by atoms with van der Waals surface area (Å²) in [6.45, 7) is 8.77. The van der Waals surface area contributed by atoms with Crippen molar-refractivity contribution in [3.05, 3.63) is 23.1 Å². The molecule has 2 fully saturated rings. The van der Waals surface area contributed by atoms with Crippen LogP contribution < -0.4 is 5.32 Å². The standard InChI is InChI=1S/C23H31NO5/c1-21(2)7-5-8-22(3)16(21)6-9-23(4)17(22)10-13-19(28)14(24-12-18(26)27)11-15(25)20(13)29-23/h11,16-17,24H,5-10,12H2,1-4H3,(H,26,27). The van der Waals surface area contributed by atoms with Gasteiger partial charge in [0, 0.05) is 17.6 Å². The average molecular weight is 402 g/mol. The Morgan fingerprint density at radius 1 is 1.17 bits per heavy atom. The third-order valence-corrected chi connectivity index (χ3v) is 8.20. The van der Waals surface area contributed by atoms with Gasteiger partial charge in [-0.25, -0.2) is 0 Å². The van der Waals surface area contributed by atoms with Crippen LogP contribution in [0.2, 0.25) is 0 Å². The Hall–Kier alpha value is -2.11. The highest BCUT2D eigenvalue weighted by Gasteiger charge is 2.61. The number of ketones is 2. The lowest BCUT2D eigenvalue weighted by molar-refractivity contribution is -0.186. The number of Topliss-reactive ketones (excluding diaryl/α,β-unsaturated/α-hetero) is 1. The summed E-state index contributed by atoms with van der Waals surface area (Å²) in [4.78, 5) is 36.7. The van der Waals surface area contributed by atoms with E-state index in [9.17, 15) is 14.4 Å². The maximum Gasteiger partial charge on any atom is 0.322 e. The molecule has 3 aliphatic carbocycles. The van der Waals surface area contributed by atoms with Crippen LogP contribution in [0.4, 0.5) is 0 Å². The number of hydrogen-bond donors (Lipinski definition) is 2. The number of nitrogens with one attached hydrogen (secondary N) is 1. The van der Waals surface area contributed by atoms with Gasteiger partial charge in [-0.2, -0.15) is 0 Å². The minimum atomic E-state index is -1.08. The molecule has 0 spiro atoms. The van der Waals surface area contributed by atoms with Crippen LogP contribution >= 0.6 is 0 Å². The van der Waals surface area contributed by atoms with Gasteiger partial charge in [0.1, 0.15) is 12.1 Å². The predicted molar refractivity (Wildman–Crippen MR) is 107 cm³/mol. The number of carboxylic acids is 1. The molecule has 0 aromatic rings. The van der Waals surface area contributed by atoms with Crippen molar-refractivity contribution >= 4 is 17.5 Å². The van der Waals surface area contributed by atoms with Crippen LogP contribution in [0.25, 0.3) is 0 Å². The van der Waals surface area contributed by atoms with Crippen LogP contribution in [0, 0.1) is 22.7 Å². The Labute approximate surface area is 171 Å². The van der Waals surface area contributed by atoms with E-state index < -0.39 is 18.1 Å². The van der Waals surface area contributed by atoms with Crippen molar-refractivity contribution in [2.75, 3.05) is 6.54 Å². The van der Waals surface area contributed by atoms with E-state index in [4.69, 9.17) is 9.84 Å². The largest absolute Gasteiger partial charge is 0.483 e. The van der Waals surface area contributed by atoms with E-state index in [0.29, 0.717) is 17.9 Å². The van der Waals surface area contributed by atoms with Gasteiger partial charge in [0.05, 0.1) is 5.70 Å². The van der Waals surface area contributed by atoms with E-state index >= 15 is 0 Å². The molecule has 6 heteroatoms. The maximum absolute atomic E-state index is 13.1. The molecule has 2 N–H and O–H groups in total. The maximum atomic E-state index is 13.1. The molecule has 0 saturated heterocycles. The van der Waals surface area contributed by atoms with Crippen LogP contribution in [0.5, 0.6) is 0 Å². The fraction of sp³-hybridized carbons (Fsp3) is 0.696. The Morgan fingerprint density at radius 2 is 1.90 bits per heavy atom. The molecule has 0 bridgehead atoms. The van der Waals surface area contributed by atoms with Gasteiger partial charge in [0.25, 0.3) is 0 Å². The number of aliphatic carboxylic acids is 1. The Kier molecular flexibility index (Phi) is 4.48. The highest BCUT2D eigenvalue weighted by molar-refractivity contribution is 6.22. The monoisotopic (exact) mass is 401 g/mol. The zero-order valence-electron chi connectivity index (χ0n) is 17.8. The van der Waals surface area contributed by atoms with Crippen molar-refractivity contribution < 1.29 is 24.2 Å². The molecule has 0 radical (unpaired) electrons. The SMILES string of the molecule is CC1(C)CCCC2(C)C1CCC1(C)OC3=C(CC12)C(=O)C(NCC(=O)O)=CC3=O. The van der Waals surface area contributed by atoms with Crippen molar-refractivity contribution in [2.45, 2.75) is 71.8 Å². The molecule has 1 aliphatic heterocycles. The summed E-state index contributed by atoms with van der Waals surface area (Å²) < 4.78 is 6.34. The summed E-state index contributed by atoms with van der Waals surface area (Å²) in [7, 11) is 0. The second-order valence-electron chi connectivity index (χ2n) is 10.4. The molecule has 2 saturated carbocycles. The van der Waals surface area contributed by atoms with Crippen molar-refractivity contribution in [3.63, 3.8) is 0 Å². The van der Waals surface area contributed by atoms with Crippen molar-refractivity contribution in [2.24, 2.45) is 22.7 Å². The van der Waals surface area contributed by atoms with Crippen LogP contribution in [-0.4, -0.2) is 34.8 Å². The summed E-state index contributed by atoms with van der Waals surface area (Å²) in [6.07, 6.45) is 7.15. The first-order valence-corrected chi connectivity index (χ1v) is 10.7. The summed E-state index contributed by atoms with van der Waals surface area (Å²) >= 11 is 0. The van der Waals surface area contributed by atoms with Gasteiger partial charge in [0.2, 0.25) is 11.6 Å². The van der Waals surface area contributed by atoms with Crippen LogP contribution in [0.3, 0.4) is 0 Å². The molecule has 1 heterocycles. The lowest BCUT2D eigenvalue weighted by Crippen LogP contribution is -2.60. The molecule has 0 aromatic heterocycles. The Balaban J connectivity index is 1.69. The molecule has 6 nitrogen and oxygen atoms in total. The Bertz CT molecular complexity index is 853. The summed E-state index contributed by atoms with van der Waals surface area (Å²) in [6, 6.07) is 0. The van der Waals surface area contributed by atoms with Gasteiger partial charge < -0.3 is 15.2 Å². The first-order valence-electron chi connectivity index (χ1n) is 10.7. The summed E-state index contributed by atoms with van der Waals surface area (Å²) in [5.41, 5.74) is 0.325. The number of ether oxygens (including phenoxy) is 1. The smallest absolute Gasteiger partial charge is 0.322 e. The molecule has 158 valence electrons. The minimum Gasteiger partial charge on any atom is -0.483 e. The van der Waals surface area contributed by atoms with Crippen LogP contribution in [0.1, 0.15) is 66.2 Å². The number of allylic oxidation sites excluding steroid dienone is 2. The fourth-order valence-corrected chi connectivity index (χ4v) is 6.89. The Morgan fingerprint density at radius 3 is 2.59 bits per heavy atom. The lowest BCUT2D eigenvalue weighted by Gasteiger charge is -2.63. The topological polar surface area (TPSA) is 92.7 Å².